The monoisotopic (exact) mass is 283 g/mol. The summed E-state index contributed by atoms with van der Waals surface area (Å²) in [4.78, 5) is 34.0. The molecule has 8 nitrogen and oxygen atoms in total. The fourth-order valence-corrected chi connectivity index (χ4v) is 1.46. The van der Waals surface area contributed by atoms with Crippen molar-refractivity contribution in [2.75, 3.05) is 6.61 Å². The first kappa shape index (κ1) is 15.8. The zero-order valence-electron chi connectivity index (χ0n) is 11.1. The molecule has 0 aromatic carbocycles. The van der Waals surface area contributed by atoms with E-state index in [0.29, 0.717) is 6.54 Å². The van der Waals surface area contributed by atoms with Crippen LogP contribution in [-0.2, 0) is 11.3 Å². The van der Waals surface area contributed by atoms with Crippen LogP contribution in [0.15, 0.2) is 16.9 Å². The summed E-state index contributed by atoms with van der Waals surface area (Å²) in [5.41, 5.74) is -0.396. The number of carboxylic acid groups (broad SMARTS) is 1. The number of rotatable bonds is 7. The lowest BCUT2D eigenvalue weighted by atomic mass is 10.3. The van der Waals surface area contributed by atoms with Gasteiger partial charge in [-0.1, -0.05) is 13.3 Å². The number of carboxylic acids is 1. The van der Waals surface area contributed by atoms with Crippen molar-refractivity contribution in [3.8, 4) is 0 Å². The minimum atomic E-state index is -1.40. The summed E-state index contributed by atoms with van der Waals surface area (Å²) in [6, 6.07) is 1.02. The van der Waals surface area contributed by atoms with Gasteiger partial charge >= 0.3 is 5.97 Å². The number of aromatic nitrogens is 2. The number of aliphatic hydroxyl groups is 1. The van der Waals surface area contributed by atoms with E-state index in [1.165, 1.54) is 12.1 Å². The van der Waals surface area contributed by atoms with Gasteiger partial charge in [0.25, 0.3) is 11.5 Å². The third kappa shape index (κ3) is 4.16. The molecular weight excluding hydrogens is 266 g/mol. The molecule has 0 aliphatic heterocycles. The zero-order chi connectivity index (χ0) is 15.1. The summed E-state index contributed by atoms with van der Waals surface area (Å²) in [7, 11) is 0. The van der Waals surface area contributed by atoms with Crippen molar-refractivity contribution >= 4 is 11.9 Å². The summed E-state index contributed by atoms with van der Waals surface area (Å²) in [6.45, 7) is 1.62. The van der Waals surface area contributed by atoms with Crippen LogP contribution in [0.5, 0.6) is 0 Å². The normalized spacial score (nSPS) is 11.9. The van der Waals surface area contributed by atoms with Gasteiger partial charge in [-0.2, -0.15) is 5.10 Å². The average Bonchev–Trinajstić information content (AvgIpc) is 2.43. The second-order valence-electron chi connectivity index (χ2n) is 4.18. The molecule has 1 heterocycles. The summed E-state index contributed by atoms with van der Waals surface area (Å²) in [5.74, 6) is -2.10. The van der Waals surface area contributed by atoms with Crippen LogP contribution in [0.1, 0.15) is 30.3 Å². The Morgan fingerprint density at radius 1 is 1.45 bits per heavy atom. The smallest absolute Gasteiger partial charge is 0.328 e. The van der Waals surface area contributed by atoms with Crippen molar-refractivity contribution in [3.63, 3.8) is 0 Å². The number of aliphatic hydroxyl groups excluding tert-OH is 1. The summed E-state index contributed by atoms with van der Waals surface area (Å²) < 4.78 is 1.16. The van der Waals surface area contributed by atoms with E-state index in [1.807, 2.05) is 6.92 Å². The van der Waals surface area contributed by atoms with Crippen LogP contribution in [0.4, 0.5) is 0 Å². The van der Waals surface area contributed by atoms with E-state index < -0.39 is 24.5 Å². The maximum Gasteiger partial charge on any atom is 0.328 e. The molecule has 0 spiro atoms. The summed E-state index contributed by atoms with van der Waals surface area (Å²) in [5, 5.41) is 23.6. The molecule has 0 bridgehead atoms. The molecule has 20 heavy (non-hydrogen) atoms. The Morgan fingerprint density at radius 3 is 2.70 bits per heavy atom. The lowest BCUT2D eigenvalue weighted by molar-refractivity contribution is -0.140. The van der Waals surface area contributed by atoms with Crippen molar-refractivity contribution in [2.24, 2.45) is 0 Å². The maximum absolute atomic E-state index is 11.8. The van der Waals surface area contributed by atoms with Gasteiger partial charge in [0.05, 0.1) is 6.61 Å². The SMILES string of the molecule is CCCCn1nc(C(=O)NC(CO)C(=O)O)ccc1=O. The highest BCUT2D eigenvalue weighted by atomic mass is 16.4. The van der Waals surface area contributed by atoms with Crippen molar-refractivity contribution in [3.05, 3.63) is 28.2 Å². The van der Waals surface area contributed by atoms with Gasteiger partial charge in [-0.15, -0.1) is 0 Å². The largest absolute Gasteiger partial charge is 0.480 e. The Labute approximate surface area is 115 Å². The van der Waals surface area contributed by atoms with E-state index in [9.17, 15) is 14.4 Å². The highest BCUT2D eigenvalue weighted by molar-refractivity contribution is 5.94. The number of unbranched alkanes of at least 4 members (excludes halogenated alkanes) is 1. The van der Waals surface area contributed by atoms with Crippen LogP contribution in [0.2, 0.25) is 0 Å². The van der Waals surface area contributed by atoms with Crippen molar-refractivity contribution in [1.29, 1.82) is 0 Å². The number of aryl methyl sites for hydroxylation is 1. The second-order valence-corrected chi connectivity index (χ2v) is 4.18. The number of hydrogen-bond acceptors (Lipinski definition) is 5. The van der Waals surface area contributed by atoms with E-state index in [2.05, 4.69) is 10.4 Å². The quantitative estimate of drug-likeness (QED) is 0.603. The molecule has 1 aromatic heterocycles. The Balaban J connectivity index is 2.88. The molecule has 0 radical (unpaired) electrons. The number of amides is 1. The maximum atomic E-state index is 11.8. The number of nitrogens with zero attached hydrogens (tertiary/aromatic N) is 2. The molecule has 1 unspecified atom stereocenters. The second kappa shape index (κ2) is 7.39. The van der Waals surface area contributed by atoms with Crippen LogP contribution in [0, 0.1) is 0 Å². The predicted octanol–water partition coefficient (Wildman–Crippen LogP) is -0.781. The molecule has 3 N–H and O–H groups in total. The Bertz CT molecular complexity index is 540. The number of hydrogen-bond donors (Lipinski definition) is 3. The van der Waals surface area contributed by atoms with Crippen LogP contribution >= 0.6 is 0 Å². The van der Waals surface area contributed by atoms with Crippen molar-refractivity contribution < 1.29 is 19.8 Å². The first-order valence-corrected chi connectivity index (χ1v) is 6.22. The third-order valence-electron chi connectivity index (χ3n) is 2.61. The van der Waals surface area contributed by atoms with E-state index in [0.717, 1.165) is 17.5 Å². The predicted molar refractivity (Wildman–Crippen MR) is 69.4 cm³/mol. The van der Waals surface area contributed by atoms with Crippen molar-refractivity contribution in [2.45, 2.75) is 32.4 Å². The number of nitrogens with one attached hydrogen (secondary N) is 1. The van der Waals surface area contributed by atoms with Gasteiger partial charge in [0.2, 0.25) is 0 Å². The Morgan fingerprint density at radius 2 is 2.15 bits per heavy atom. The zero-order valence-corrected chi connectivity index (χ0v) is 11.1. The van der Waals surface area contributed by atoms with E-state index >= 15 is 0 Å². The molecule has 1 amide bonds. The summed E-state index contributed by atoms with van der Waals surface area (Å²) >= 11 is 0. The topological polar surface area (TPSA) is 122 Å². The van der Waals surface area contributed by atoms with Gasteiger partial charge in [-0.05, 0) is 12.5 Å². The lowest BCUT2D eigenvalue weighted by Crippen LogP contribution is -2.44. The fraction of sp³-hybridized carbons (Fsp3) is 0.500. The van der Waals surface area contributed by atoms with Crippen LogP contribution in [-0.4, -0.2) is 44.5 Å². The van der Waals surface area contributed by atoms with E-state index in [1.54, 1.807) is 0 Å². The molecule has 0 aliphatic rings. The summed E-state index contributed by atoms with van der Waals surface area (Å²) in [6.07, 6.45) is 1.61. The number of carbonyl (C=O) groups is 2. The molecule has 0 saturated heterocycles. The van der Waals surface area contributed by atoms with Gasteiger partial charge in [0, 0.05) is 12.6 Å². The first-order valence-electron chi connectivity index (χ1n) is 6.22. The van der Waals surface area contributed by atoms with Gasteiger partial charge in [0.1, 0.15) is 5.69 Å². The minimum absolute atomic E-state index is 0.0691. The Hall–Kier alpha value is -2.22. The highest BCUT2D eigenvalue weighted by Gasteiger charge is 2.20. The minimum Gasteiger partial charge on any atom is -0.480 e. The Kier molecular flexibility index (Phi) is 5.85. The highest BCUT2D eigenvalue weighted by Crippen LogP contribution is 1.95. The molecule has 8 heteroatoms. The molecule has 0 aliphatic carbocycles. The first-order chi connectivity index (χ1) is 9.49. The number of carbonyl (C=O) groups excluding carboxylic acids is 1. The molecular formula is C12H17N3O5. The third-order valence-corrected chi connectivity index (χ3v) is 2.61. The molecule has 0 saturated carbocycles. The molecule has 1 atom stereocenters. The van der Waals surface area contributed by atoms with Crippen LogP contribution in [0.3, 0.4) is 0 Å². The van der Waals surface area contributed by atoms with Gasteiger partial charge < -0.3 is 15.5 Å². The van der Waals surface area contributed by atoms with E-state index in [-0.39, 0.29) is 11.3 Å². The number of aliphatic carboxylic acids is 1. The van der Waals surface area contributed by atoms with E-state index in [4.69, 9.17) is 10.2 Å². The van der Waals surface area contributed by atoms with Crippen molar-refractivity contribution in [1.82, 2.24) is 15.1 Å². The van der Waals surface area contributed by atoms with Crippen LogP contribution < -0.4 is 10.9 Å². The molecule has 1 rings (SSSR count). The molecule has 1 aromatic rings. The fourth-order valence-electron chi connectivity index (χ4n) is 1.46. The standard InChI is InChI=1S/C12H17N3O5/c1-2-3-6-15-10(17)5-4-8(14-15)11(18)13-9(7-16)12(19)20/h4-5,9,16H,2-3,6-7H2,1H3,(H,13,18)(H,19,20). The van der Waals surface area contributed by atoms with Gasteiger partial charge in [-0.3, -0.25) is 9.59 Å². The van der Waals surface area contributed by atoms with Gasteiger partial charge in [-0.25, -0.2) is 9.48 Å². The lowest BCUT2D eigenvalue weighted by Gasteiger charge is -2.11. The molecule has 0 fully saturated rings. The van der Waals surface area contributed by atoms with Crippen LogP contribution in [0.25, 0.3) is 0 Å². The molecule has 110 valence electrons. The average molecular weight is 283 g/mol. The van der Waals surface area contributed by atoms with Gasteiger partial charge in [0.15, 0.2) is 6.04 Å².